The molecule has 0 saturated heterocycles. The van der Waals surface area contributed by atoms with Crippen LogP contribution in [0.3, 0.4) is 0 Å². The van der Waals surface area contributed by atoms with Crippen LogP contribution >= 0.6 is 0 Å². The Hall–Kier alpha value is 0.0169. The highest BCUT2D eigenvalue weighted by atomic mass is 28.4. The van der Waals surface area contributed by atoms with Crippen molar-refractivity contribution in [1.29, 1.82) is 0 Å². The van der Waals surface area contributed by atoms with Crippen LogP contribution in [0.4, 0.5) is 0 Å². The van der Waals surface area contributed by atoms with E-state index in [-0.39, 0.29) is 13.2 Å². The lowest BCUT2D eigenvalue weighted by Crippen LogP contribution is -2.44. The van der Waals surface area contributed by atoms with Crippen LogP contribution in [0.1, 0.15) is 6.42 Å². The molecule has 6 heteroatoms. The number of nitrogens with one attached hydrogen (secondary N) is 1. The van der Waals surface area contributed by atoms with Crippen molar-refractivity contribution in [1.82, 2.24) is 5.32 Å². The topological polar surface area (TPSA) is 60.0 Å². The van der Waals surface area contributed by atoms with Crippen molar-refractivity contribution in [3.63, 3.8) is 0 Å². The highest BCUT2D eigenvalue weighted by Gasteiger charge is 2.37. The number of hydrogen-bond donors (Lipinski definition) is 2. The zero-order chi connectivity index (χ0) is 10.9. The van der Waals surface area contributed by atoms with Crippen molar-refractivity contribution in [2.75, 3.05) is 41.0 Å². The van der Waals surface area contributed by atoms with E-state index >= 15 is 0 Å². The van der Waals surface area contributed by atoms with Crippen molar-refractivity contribution < 1.29 is 18.4 Å². The summed E-state index contributed by atoms with van der Waals surface area (Å²) >= 11 is 0. The summed E-state index contributed by atoms with van der Waals surface area (Å²) in [4.78, 5) is 0. The Morgan fingerprint density at radius 2 is 1.93 bits per heavy atom. The van der Waals surface area contributed by atoms with Gasteiger partial charge in [0.1, 0.15) is 0 Å². The first-order valence-electron chi connectivity index (χ1n) is 4.74. The number of aliphatic hydroxyl groups is 1. The van der Waals surface area contributed by atoms with Crippen LogP contribution in [-0.4, -0.2) is 54.9 Å². The monoisotopic (exact) mass is 223 g/mol. The molecule has 0 spiro atoms. The van der Waals surface area contributed by atoms with Crippen molar-refractivity contribution in [2.45, 2.75) is 12.5 Å². The summed E-state index contributed by atoms with van der Waals surface area (Å²) in [5.41, 5.74) is 0. The fourth-order valence-corrected chi connectivity index (χ4v) is 3.13. The van der Waals surface area contributed by atoms with Gasteiger partial charge in [-0.05, 0) is 20.0 Å². The number of aliphatic hydroxyl groups excluding tert-OH is 1. The average molecular weight is 223 g/mol. The molecule has 0 rings (SSSR count). The quantitative estimate of drug-likeness (QED) is 0.420. The largest absolute Gasteiger partial charge is 0.500 e. The molecule has 86 valence electrons. The van der Waals surface area contributed by atoms with E-state index in [9.17, 15) is 0 Å². The van der Waals surface area contributed by atoms with E-state index in [0.29, 0.717) is 0 Å². The molecular weight excluding hydrogens is 202 g/mol. The summed E-state index contributed by atoms with van der Waals surface area (Å²) in [6.07, 6.45) is 0.940. The van der Waals surface area contributed by atoms with Crippen LogP contribution < -0.4 is 5.32 Å². The van der Waals surface area contributed by atoms with Gasteiger partial charge in [-0.2, -0.15) is 0 Å². The van der Waals surface area contributed by atoms with Crippen LogP contribution in [0.15, 0.2) is 0 Å². The molecule has 0 bridgehead atoms. The van der Waals surface area contributed by atoms with E-state index in [1.807, 2.05) is 7.05 Å². The van der Waals surface area contributed by atoms with E-state index in [1.54, 1.807) is 14.2 Å². The van der Waals surface area contributed by atoms with Crippen molar-refractivity contribution in [2.24, 2.45) is 0 Å². The Bertz CT molecular complexity index is 133. The van der Waals surface area contributed by atoms with E-state index in [1.165, 1.54) is 0 Å². The Kier molecular flexibility index (Phi) is 8.35. The molecule has 0 aromatic rings. The standard InChI is InChI=1S/C8H21NO4Si/c1-9-5-4-8-14(11-2,12-3)13-7-6-10/h9-10H,4-8H2,1-3H3. The maximum Gasteiger partial charge on any atom is 0.500 e. The van der Waals surface area contributed by atoms with E-state index in [4.69, 9.17) is 18.4 Å². The lowest BCUT2D eigenvalue weighted by Gasteiger charge is -2.25. The summed E-state index contributed by atoms with van der Waals surface area (Å²) in [6, 6.07) is 0.765. The molecule has 0 radical (unpaired) electrons. The molecular formula is C8H21NO4Si. The molecule has 0 heterocycles. The third-order valence-corrected chi connectivity index (χ3v) is 4.80. The van der Waals surface area contributed by atoms with Gasteiger partial charge in [-0.1, -0.05) is 0 Å². The molecule has 0 unspecified atom stereocenters. The smallest absolute Gasteiger partial charge is 0.394 e. The van der Waals surface area contributed by atoms with Crippen molar-refractivity contribution in [3.8, 4) is 0 Å². The second-order valence-electron chi connectivity index (χ2n) is 2.87. The molecule has 0 atom stereocenters. The molecule has 5 nitrogen and oxygen atoms in total. The Morgan fingerprint density at radius 1 is 1.29 bits per heavy atom. The Labute approximate surface area is 86.7 Å². The van der Waals surface area contributed by atoms with Crippen molar-refractivity contribution >= 4 is 8.80 Å². The molecule has 0 aliphatic rings. The minimum absolute atomic E-state index is 0.00645. The van der Waals surface area contributed by atoms with E-state index in [0.717, 1.165) is 19.0 Å². The predicted octanol–water partition coefficient (Wildman–Crippen LogP) is -0.163. The van der Waals surface area contributed by atoms with Gasteiger partial charge in [0.15, 0.2) is 0 Å². The summed E-state index contributed by atoms with van der Waals surface area (Å²) in [6.45, 7) is 1.17. The van der Waals surface area contributed by atoms with E-state index in [2.05, 4.69) is 5.32 Å². The molecule has 0 saturated carbocycles. The summed E-state index contributed by atoms with van der Waals surface area (Å²) in [5, 5.41) is 11.7. The molecule has 0 aliphatic carbocycles. The highest BCUT2D eigenvalue weighted by molar-refractivity contribution is 6.60. The zero-order valence-electron chi connectivity index (χ0n) is 9.21. The minimum Gasteiger partial charge on any atom is -0.394 e. The number of rotatable bonds is 9. The first kappa shape index (κ1) is 14.0. The van der Waals surface area contributed by atoms with Gasteiger partial charge in [0.25, 0.3) is 0 Å². The van der Waals surface area contributed by atoms with Crippen LogP contribution in [0.2, 0.25) is 6.04 Å². The van der Waals surface area contributed by atoms with Gasteiger partial charge < -0.3 is 23.7 Å². The zero-order valence-corrected chi connectivity index (χ0v) is 10.2. The van der Waals surface area contributed by atoms with Gasteiger partial charge in [0.2, 0.25) is 0 Å². The van der Waals surface area contributed by atoms with Crippen LogP contribution in [0.25, 0.3) is 0 Å². The summed E-state index contributed by atoms with van der Waals surface area (Å²) in [5.74, 6) is 0. The predicted molar refractivity (Wildman–Crippen MR) is 56.2 cm³/mol. The lowest BCUT2D eigenvalue weighted by molar-refractivity contribution is 0.0783. The maximum atomic E-state index is 8.67. The molecule has 0 amide bonds. The van der Waals surface area contributed by atoms with Gasteiger partial charge in [-0.15, -0.1) is 0 Å². The number of hydrogen-bond acceptors (Lipinski definition) is 5. The fraction of sp³-hybridized carbons (Fsp3) is 1.00. The third-order valence-electron chi connectivity index (χ3n) is 1.95. The second-order valence-corrected chi connectivity index (χ2v) is 5.84. The first-order valence-corrected chi connectivity index (χ1v) is 6.67. The van der Waals surface area contributed by atoms with Gasteiger partial charge in [-0.25, -0.2) is 0 Å². The van der Waals surface area contributed by atoms with Crippen LogP contribution in [0, 0.1) is 0 Å². The molecule has 0 aliphatic heterocycles. The Morgan fingerprint density at radius 3 is 2.36 bits per heavy atom. The van der Waals surface area contributed by atoms with E-state index < -0.39 is 8.80 Å². The first-order chi connectivity index (χ1) is 6.74. The second kappa shape index (κ2) is 8.34. The molecule has 0 aromatic heterocycles. The maximum absolute atomic E-state index is 8.67. The minimum atomic E-state index is -2.50. The van der Waals surface area contributed by atoms with Gasteiger partial charge in [-0.3, -0.25) is 0 Å². The molecule has 14 heavy (non-hydrogen) atoms. The van der Waals surface area contributed by atoms with Crippen molar-refractivity contribution in [3.05, 3.63) is 0 Å². The average Bonchev–Trinajstić information content (AvgIpc) is 2.24. The summed E-state index contributed by atoms with van der Waals surface area (Å²) in [7, 11) is 2.58. The van der Waals surface area contributed by atoms with Gasteiger partial charge in [0, 0.05) is 20.3 Å². The Balaban J connectivity index is 3.94. The SMILES string of the molecule is CNCCC[Si](OC)(OC)OCCO. The van der Waals surface area contributed by atoms with Gasteiger partial charge >= 0.3 is 8.80 Å². The third kappa shape index (κ3) is 5.04. The molecule has 0 fully saturated rings. The summed E-state index contributed by atoms with van der Waals surface area (Å²) < 4.78 is 16.0. The fourth-order valence-electron chi connectivity index (χ4n) is 1.16. The lowest BCUT2D eigenvalue weighted by atomic mass is 10.5. The normalized spacial score (nSPS) is 12.0. The molecule has 0 aromatic carbocycles. The molecule has 2 N–H and O–H groups in total. The van der Waals surface area contributed by atoms with Crippen LogP contribution in [-0.2, 0) is 13.3 Å². The highest BCUT2D eigenvalue weighted by Crippen LogP contribution is 2.15. The van der Waals surface area contributed by atoms with Crippen LogP contribution in [0.5, 0.6) is 0 Å². The van der Waals surface area contributed by atoms with Gasteiger partial charge in [0.05, 0.1) is 13.2 Å².